The molecule has 2 saturated carbocycles. The molecule has 3 fully saturated rings. The molecule has 2 N–H and O–H groups in total. The van der Waals surface area contributed by atoms with E-state index in [1.54, 1.807) is 24.3 Å². The van der Waals surface area contributed by atoms with Crippen LogP contribution in [-0.2, 0) is 14.6 Å². The van der Waals surface area contributed by atoms with Crippen LogP contribution in [0.15, 0.2) is 47.5 Å². The smallest absolute Gasteiger partial charge is 0.331 e. The second-order valence-corrected chi connectivity index (χ2v) is 11.3. The number of anilines is 1. The van der Waals surface area contributed by atoms with Crippen LogP contribution in [0.25, 0.3) is 0 Å². The molecule has 178 valence electrons. The van der Waals surface area contributed by atoms with Crippen LogP contribution in [0.2, 0.25) is 0 Å². The van der Waals surface area contributed by atoms with Crippen LogP contribution in [0.3, 0.4) is 0 Å². The number of carbonyl (C=O) groups is 3. The van der Waals surface area contributed by atoms with Gasteiger partial charge in [-0.3, -0.25) is 19.4 Å². The van der Waals surface area contributed by atoms with E-state index in [1.165, 1.54) is 28.1 Å². The molecule has 1 aliphatic heterocycles. The zero-order valence-corrected chi connectivity index (χ0v) is 19.3. The van der Waals surface area contributed by atoms with E-state index in [-0.39, 0.29) is 46.4 Å². The van der Waals surface area contributed by atoms with Gasteiger partial charge in [-0.2, -0.15) is 0 Å². The van der Waals surface area contributed by atoms with Gasteiger partial charge in [-0.1, -0.05) is 6.07 Å². The summed E-state index contributed by atoms with van der Waals surface area (Å²) in [5.74, 6) is -0.664. The Hall–Kier alpha value is -3.47. The Kier molecular flexibility index (Phi) is 5.12. The summed E-state index contributed by atoms with van der Waals surface area (Å²) in [6.45, 7) is -0.114. The van der Waals surface area contributed by atoms with Crippen molar-refractivity contribution in [3.63, 3.8) is 0 Å². The Bertz CT molecular complexity index is 1300. The molecule has 0 unspecified atom stereocenters. The molecular formula is C23H24N4O6S. The molecule has 2 heterocycles. The van der Waals surface area contributed by atoms with Crippen LogP contribution < -0.4 is 15.4 Å². The second kappa shape index (κ2) is 7.79. The number of pyridine rings is 1. The molecule has 1 saturated heterocycles. The van der Waals surface area contributed by atoms with Crippen LogP contribution in [-0.4, -0.2) is 61.1 Å². The van der Waals surface area contributed by atoms with E-state index in [4.69, 9.17) is 10.5 Å². The number of urea groups is 1. The zero-order chi connectivity index (χ0) is 24.3. The molecule has 11 heteroatoms. The van der Waals surface area contributed by atoms with Gasteiger partial charge in [0.25, 0.3) is 11.8 Å². The van der Waals surface area contributed by atoms with Crippen LogP contribution in [0.5, 0.6) is 5.88 Å². The number of carbonyl (C=O) groups excluding carboxylic acids is 3. The number of hydrogen-bond donors (Lipinski definition) is 1. The number of imide groups is 1. The van der Waals surface area contributed by atoms with Crippen molar-refractivity contribution in [1.29, 1.82) is 0 Å². The van der Waals surface area contributed by atoms with Gasteiger partial charge < -0.3 is 10.5 Å². The third-order valence-corrected chi connectivity index (χ3v) is 8.01. The number of aromatic nitrogens is 1. The summed E-state index contributed by atoms with van der Waals surface area (Å²) in [6, 6.07) is 8.62. The van der Waals surface area contributed by atoms with Crippen molar-refractivity contribution in [2.45, 2.75) is 42.7 Å². The lowest BCUT2D eigenvalue weighted by atomic mass is 9.52. The van der Waals surface area contributed by atoms with E-state index in [0.717, 1.165) is 19.1 Å². The molecule has 0 atom stereocenters. The van der Waals surface area contributed by atoms with Crippen molar-refractivity contribution in [2.24, 2.45) is 11.1 Å². The van der Waals surface area contributed by atoms with Crippen molar-refractivity contribution < 1.29 is 27.5 Å². The number of primary amides is 1. The monoisotopic (exact) mass is 484 g/mol. The molecule has 3 aliphatic rings. The molecule has 1 aromatic carbocycles. The third-order valence-electron chi connectivity index (χ3n) is 6.90. The Morgan fingerprint density at radius 2 is 1.88 bits per heavy atom. The summed E-state index contributed by atoms with van der Waals surface area (Å²) >= 11 is 0. The number of benzene rings is 1. The van der Waals surface area contributed by atoms with Crippen molar-refractivity contribution in [3.05, 3.63) is 48.2 Å². The predicted octanol–water partition coefficient (Wildman–Crippen LogP) is 1.74. The fourth-order valence-corrected chi connectivity index (χ4v) is 5.90. The first kappa shape index (κ1) is 22.3. The van der Waals surface area contributed by atoms with Gasteiger partial charge in [-0.25, -0.2) is 18.2 Å². The van der Waals surface area contributed by atoms with Crippen molar-refractivity contribution >= 4 is 33.4 Å². The van der Waals surface area contributed by atoms with Crippen LogP contribution >= 0.6 is 0 Å². The van der Waals surface area contributed by atoms with Crippen LogP contribution in [0, 0.1) is 5.41 Å². The summed E-state index contributed by atoms with van der Waals surface area (Å²) in [7, 11) is -3.43. The summed E-state index contributed by atoms with van der Waals surface area (Å²) < 4.78 is 29.6. The topological polar surface area (TPSA) is 140 Å². The summed E-state index contributed by atoms with van der Waals surface area (Å²) in [4.78, 5) is 44.1. The first-order valence-corrected chi connectivity index (χ1v) is 12.8. The molecule has 1 aromatic heterocycles. The molecule has 5 rings (SSSR count). The highest BCUT2D eigenvalue weighted by atomic mass is 32.2. The largest absolute Gasteiger partial charge is 0.474 e. The molecule has 34 heavy (non-hydrogen) atoms. The highest BCUT2D eigenvalue weighted by Crippen LogP contribution is 2.58. The summed E-state index contributed by atoms with van der Waals surface area (Å²) in [5.41, 5.74) is 6.00. The first-order chi connectivity index (χ1) is 16.1. The maximum absolute atomic E-state index is 13.0. The Labute approximate surface area is 196 Å². The number of amides is 4. The average molecular weight is 485 g/mol. The lowest BCUT2D eigenvalue weighted by Gasteiger charge is -2.58. The molecule has 0 bridgehead atoms. The normalized spacial score (nSPS) is 26.4. The maximum Gasteiger partial charge on any atom is 0.331 e. The summed E-state index contributed by atoms with van der Waals surface area (Å²) in [5, 5.41) is 0. The Balaban J connectivity index is 1.21. The average Bonchev–Trinajstić information content (AvgIpc) is 3.02. The van der Waals surface area contributed by atoms with E-state index in [0.29, 0.717) is 18.5 Å². The number of nitrogens with two attached hydrogens (primary N) is 1. The highest BCUT2D eigenvalue weighted by Gasteiger charge is 2.58. The minimum atomic E-state index is -3.43. The standard InChI is InChI=1S/C23H24N4O6S/c1-34(31,32)17-5-2-4-14(8-17)26-13-19(28)27(22(26)30)15-9-23(10-15)11-16(12-23)33-21-18(20(24)29)6-3-7-25-21/h2-8,15-16H,9-13H2,1H3,(H2,24,29)/t15-,16-,23?. The van der Waals surface area contributed by atoms with Crippen LogP contribution in [0.1, 0.15) is 36.0 Å². The fraction of sp³-hybridized carbons (Fsp3) is 0.391. The van der Waals surface area contributed by atoms with Gasteiger partial charge in [-0.15, -0.1) is 0 Å². The molecular weight excluding hydrogens is 460 g/mol. The molecule has 2 aromatic rings. The van der Waals surface area contributed by atoms with E-state index in [9.17, 15) is 22.8 Å². The maximum atomic E-state index is 13.0. The molecule has 1 spiro atoms. The SMILES string of the molecule is CS(=O)(=O)c1cccc(N2CC(=O)N([C@H]3CC4(C[C@H](Oc5ncccc5C(N)=O)C4)C3)C2=O)c1. The second-order valence-electron chi connectivity index (χ2n) is 9.33. The van der Waals surface area contributed by atoms with Gasteiger partial charge in [0.15, 0.2) is 9.84 Å². The predicted molar refractivity (Wildman–Crippen MR) is 121 cm³/mol. The van der Waals surface area contributed by atoms with Gasteiger partial charge in [0.05, 0.1) is 4.90 Å². The summed E-state index contributed by atoms with van der Waals surface area (Å²) in [6.07, 6.45) is 5.40. The lowest BCUT2D eigenvalue weighted by Crippen LogP contribution is -2.60. The van der Waals surface area contributed by atoms with Gasteiger partial charge >= 0.3 is 6.03 Å². The van der Waals surface area contributed by atoms with Gasteiger partial charge in [0, 0.05) is 24.2 Å². The number of nitrogens with zero attached hydrogens (tertiary/aromatic N) is 3. The minimum absolute atomic E-state index is 0.00118. The van der Waals surface area contributed by atoms with Gasteiger partial charge in [0.2, 0.25) is 5.88 Å². The number of rotatable bonds is 6. The minimum Gasteiger partial charge on any atom is -0.474 e. The first-order valence-electron chi connectivity index (χ1n) is 10.9. The van der Waals surface area contributed by atoms with Crippen molar-refractivity contribution in [2.75, 3.05) is 17.7 Å². The van der Waals surface area contributed by atoms with Crippen molar-refractivity contribution in [1.82, 2.24) is 9.88 Å². The van der Waals surface area contributed by atoms with E-state index in [1.807, 2.05) is 0 Å². The fourth-order valence-electron chi connectivity index (χ4n) is 5.23. The quantitative estimate of drug-likeness (QED) is 0.616. The van der Waals surface area contributed by atoms with Gasteiger partial charge in [-0.05, 0) is 61.4 Å². The third kappa shape index (κ3) is 3.79. The van der Waals surface area contributed by atoms with E-state index in [2.05, 4.69) is 4.98 Å². The zero-order valence-electron chi connectivity index (χ0n) is 18.5. The molecule has 4 amide bonds. The molecule has 0 radical (unpaired) electrons. The van der Waals surface area contributed by atoms with E-state index < -0.39 is 21.8 Å². The highest BCUT2D eigenvalue weighted by molar-refractivity contribution is 7.90. The molecule has 10 nitrogen and oxygen atoms in total. The number of ether oxygens (including phenoxy) is 1. The molecule has 2 aliphatic carbocycles. The van der Waals surface area contributed by atoms with Gasteiger partial charge in [0.1, 0.15) is 18.2 Å². The Morgan fingerprint density at radius 3 is 2.56 bits per heavy atom. The number of sulfone groups is 1. The van der Waals surface area contributed by atoms with E-state index >= 15 is 0 Å². The van der Waals surface area contributed by atoms with Crippen molar-refractivity contribution in [3.8, 4) is 5.88 Å². The number of hydrogen-bond acceptors (Lipinski definition) is 7. The lowest BCUT2D eigenvalue weighted by molar-refractivity contribution is -0.138. The van der Waals surface area contributed by atoms with Crippen LogP contribution in [0.4, 0.5) is 10.5 Å². The Morgan fingerprint density at radius 1 is 1.15 bits per heavy atom.